The molecule has 2 N–H and O–H groups in total. The maximum Gasteiger partial charge on any atom is 0.247 e. The number of nitrogens with one attached hydrogen (secondary N) is 1. The van der Waals surface area contributed by atoms with Gasteiger partial charge < -0.3 is 4.74 Å². The van der Waals surface area contributed by atoms with Gasteiger partial charge in [0, 0.05) is 0 Å². The highest BCUT2D eigenvalue weighted by molar-refractivity contribution is 7.92. The summed E-state index contributed by atoms with van der Waals surface area (Å²) in [4.78, 5) is 11.5. The van der Waals surface area contributed by atoms with Crippen LogP contribution in [0.5, 0.6) is 5.75 Å². The molecule has 0 heterocycles. The predicted molar refractivity (Wildman–Crippen MR) is 81.4 cm³/mol. The SMILES string of the molecule is O=C(NO)C1CCCC1S(=O)(=O)CCCOc1ccccc1. The lowest BCUT2D eigenvalue weighted by atomic mass is 10.1. The minimum Gasteiger partial charge on any atom is -0.494 e. The molecule has 1 aliphatic rings. The van der Waals surface area contributed by atoms with Gasteiger partial charge >= 0.3 is 0 Å². The van der Waals surface area contributed by atoms with E-state index < -0.39 is 26.9 Å². The van der Waals surface area contributed by atoms with E-state index >= 15 is 0 Å². The van der Waals surface area contributed by atoms with Gasteiger partial charge in [0.15, 0.2) is 9.84 Å². The number of hydroxylamine groups is 1. The Morgan fingerprint density at radius 1 is 1.27 bits per heavy atom. The highest BCUT2D eigenvalue weighted by Crippen LogP contribution is 2.32. The summed E-state index contributed by atoms with van der Waals surface area (Å²) in [5.41, 5.74) is 1.57. The van der Waals surface area contributed by atoms with Gasteiger partial charge in [0.25, 0.3) is 0 Å². The summed E-state index contributed by atoms with van der Waals surface area (Å²) in [6, 6.07) is 9.20. The molecule has 0 bridgehead atoms. The van der Waals surface area contributed by atoms with Crippen LogP contribution in [0, 0.1) is 5.92 Å². The van der Waals surface area contributed by atoms with Gasteiger partial charge in [-0.3, -0.25) is 10.0 Å². The Bertz CT molecular complexity index is 587. The molecule has 0 aromatic heterocycles. The molecule has 1 fully saturated rings. The largest absolute Gasteiger partial charge is 0.494 e. The first-order valence-electron chi connectivity index (χ1n) is 7.38. The molecule has 2 unspecified atom stereocenters. The lowest BCUT2D eigenvalue weighted by Crippen LogP contribution is -2.38. The first-order chi connectivity index (χ1) is 10.5. The Labute approximate surface area is 130 Å². The number of hydrogen-bond acceptors (Lipinski definition) is 5. The third-order valence-electron chi connectivity index (χ3n) is 3.95. The number of sulfone groups is 1. The number of amides is 1. The fraction of sp³-hybridized carbons (Fsp3) is 0.533. The van der Waals surface area contributed by atoms with Crippen LogP contribution < -0.4 is 10.2 Å². The monoisotopic (exact) mass is 327 g/mol. The van der Waals surface area contributed by atoms with Crippen molar-refractivity contribution in [2.24, 2.45) is 5.92 Å². The second-order valence-electron chi connectivity index (χ2n) is 5.43. The topological polar surface area (TPSA) is 92.7 Å². The van der Waals surface area contributed by atoms with Gasteiger partial charge in [0.1, 0.15) is 5.75 Å². The quantitative estimate of drug-likeness (QED) is 0.450. The normalized spacial score (nSPS) is 21.5. The molecular formula is C15H21NO5S. The van der Waals surface area contributed by atoms with E-state index in [-0.39, 0.29) is 5.75 Å². The molecule has 7 heteroatoms. The molecule has 0 aliphatic heterocycles. The molecule has 1 aromatic carbocycles. The Morgan fingerprint density at radius 2 is 2.00 bits per heavy atom. The standard InChI is InChI=1S/C15H21NO5S/c17-15(16-18)13-8-4-9-14(13)22(19,20)11-5-10-21-12-6-2-1-3-7-12/h1-3,6-7,13-14,18H,4-5,8-11H2,(H,16,17). The Morgan fingerprint density at radius 3 is 2.68 bits per heavy atom. The lowest BCUT2D eigenvalue weighted by molar-refractivity contribution is -0.133. The maximum atomic E-state index is 12.4. The Balaban J connectivity index is 1.84. The Kier molecular flexibility index (Phi) is 5.79. The molecule has 1 amide bonds. The number of ether oxygens (including phenoxy) is 1. The van der Waals surface area contributed by atoms with Crippen molar-refractivity contribution in [1.29, 1.82) is 0 Å². The van der Waals surface area contributed by atoms with Crippen molar-refractivity contribution in [3.8, 4) is 5.75 Å². The van der Waals surface area contributed by atoms with E-state index in [1.165, 1.54) is 0 Å². The number of benzene rings is 1. The van der Waals surface area contributed by atoms with Crippen molar-refractivity contribution in [3.05, 3.63) is 30.3 Å². The molecule has 0 spiro atoms. The molecule has 2 rings (SSSR count). The molecule has 1 aromatic rings. The van der Waals surface area contributed by atoms with Crippen LogP contribution in [0.1, 0.15) is 25.7 Å². The summed E-state index contributed by atoms with van der Waals surface area (Å²) in [6.45, 7) is 0.312. The molecule has 0 radical (unpaired) electrons. The molecular weight excluding hydrogens is 306 g/mol. The summed E-state index contributed by atoms with van der Waals surface area (Å²) in [5.74, 6) is -0.561. The van der Waals surface area contributed by atoms with E-state index in [9.17, 15) is 13.2 Å². The van der Waals surface area contributed by atoms with Crippen molar-refractivity contribution < 1.29 is 23.2 Å². The summed E-state index contributed by atoms with van der Waals surface area (Å²) >= 11 is 0. The summed E-state index contributed by atoms with van der Waals surface area (Å²) in [6.07, 6.45) is 2.03. The highest BCUT2D eigenvalue weighted by atomic mass is 32.2. The van der Waals surface area contributed by atoms with Crippen LogP contribution in [0.3, 0.4) is 0 Å². The van der Waals surface area contributed by atoms with Crippen LogP contribution >= 0.6 is 0 Å². The van der Waals surface area contributed by atoms with Gasteiger partial charge in [-0.15, -0.1) is 0 Å². The van der Waals surface area contributed by atoms with E-state index in [0.717, 1.165) is 0 Å². The van der Waals surface area contributed by atoms with E-state index in [1.54, 1.807) is 5.48 Å². The van der Waals surface area contributed by atoms with Crippen molar-refractivity contribution in [1.82, 2.24) is 5.48 Å². The third kappa shape index (κ3) is 4.20. The predicted octanol–water partition coefficient (Wildman–Crippen LogP) is 1.54. The average molecular weight is 327 g/mol. The zero-order chi connectivity index (χ0) is 16.0. The zero-order valence-corrected chi connectivity index (χ0v) is 13.1. The van der Waals surface area contributed by atoms with Crippen LogP contribution in [-0.2, 0) is 14.6 Å². The van der Waals surface area contributed by atoms with Crippen LogP contribution in [0.2, 0.25) is 0 Å². The number of carbonyl (C=O) groups is 1. The number of carbonyl (C=O) groups excluding carboxylic acids is 1. The highest BCUT2D eigenvalue weighted by Gasteiger charge is 2.40. The first kappa shape index (κ1) is 16.8. The van der Waals surface area contributed by atoms with Crippen molar-refractivity contribution in [2.45, 2.75) is 30.9 Å². The smallest absolute Gasteiger partial charge is 0.247 e. The van der Waals surface area contributed by atoms with Crippen molar-refractivity contribution in [3.63, 3.8) is 0 Å². The van der Waals surface area contributed by atoms with E-state index in [2.05, 4.69) is 0 Å². The fourth-order valence-electron chi connectivity index (χ4n) is 2.86. The van der Waals surface area contributed by atoms with E-state index in [1.807, 2.05) is 30.3 Å². The minimum absolute atomic E-state index is 0.0142. The second kappa shape index (κ2) is 7.60. The molecule has 0 saturated heterocycles. The molecule has 22 heavy (non-hydrogen) atoms. The number of rotatable bonds is 7. The molecule has 1 saturated carbocycles. The second-order valence-corrected chi connectivity index (χ2v) is 7.77. The Hall–Kier alpha value is -1.60. The van der Waals surface area contributed by atoms with Crippen molar-refractivity contribution in [2.75, 3.05) is 12.4 Å². The molecule has 122 valence electrons. The van der Waals surface area contributed by atoms with E-state index in [0.29, 0.717) is 38.0 Å². The summed E-state index contributed by atoms with van der Waals surface area (Å²) in [7, 11) is -3.37. The first-order valence-corrected chi connectivity index (χ1v) is 9.09. The lowest BCUT2D eigenvalue weighted by Gasteiger charge is -2.18. The molecule has 2 atom stereocenters. The van der Waals surface area contributed by atoms with Gasteiger partial charge in [0.05, 0.1) is 23.5 Å². The summed E-state index contributed by atoms with van der Waals surface area (Å²) in [5, 5.41) is 8.01. The van der Waals surface area contributed by atoms with Gasteiger partial charge in [-0.05, 0) is 31.4 Å². The average Bonchev–Trinajstić information content (AvgIpc) is 3.02. The zero-order valence-electron chi connectivity index (χ0n) is 12.3. The van der Waals surface area contributed by atoms with Gasteiger partial charge in [-0.25, -0.2) is 13.9 Å². The van der Waals surface area contributed by atoms with Crippen LogP contribution in [0.15, 0.2) is 30.3 Å². The summed E-state index contributed by atoms with van der Waals surface area (Å²) < 4.78 is 30.2. The number of hydrogen-bond donors (Lipinski definition) is 2. The van der Waals surface area contributed by atoms with Crippen LogP contribution in [0.25, 0.3) is 0 Å². The van der Waals surface area contributed by atoms with Gasteiger partial charge in [-0.1, -0.05) is 24.6 Å². The van der Waals surface area contributed by atoms with Gasteiger partial charge in [0.2, 0.25) is 5.91 Å². The van der Waals surface area contributed by atoms with E-state index in [4.69, 9.17) is 9.94 Å². The van der Waals surface area contributed by atoms with Crippen LogP contribution in [0.4, 0.5) is 0 Å². The molecule has 1 aliphatic carbocycles. The maximum absolute atomic E-state index is 12.4. The third-order valence-corrected chi connectivity index (χ3v) is 6.29. The van der Waals surface area contributed by atoms with Crippen LogP contribution in [-0.4, -0.2) is 37.1 Å². The number of para-hydroxylation sites is 1. The minimum atomic E-state index is -3.37. The van der Waals surface area contributed by atoms with Crippen molar-refractivity contribution >= 4 is 15.7 Å². The van der Waals surface area contributed by atoms with Gasteiger partial charge in [-0.2, -0.15) is 0 Å². The molecule has 6 nitrogen and oxygen atoms in total. The fourth-order valence-corrected chi connectivity index (χ4v) is 4.97.